The van der Waals surface area contributed by atoms with E-state index in [9.17, 15) is 19.7 Å². The SMILES string of the molecule is Cl.Oc1ccc(OCC(O)CN2CCC(O)(Cc3ccc(F)cc3)CC2)cc1. The van der Waals surface area contributed by atoms with Gasteiger partial charge >= 0.3 is 0 Å². The Hall–Kier alpha value is -1.86. The van der Waals surface area contributed by atoms with Gasteiger partial charge in [0.25, 0.3) is 0 Å². The molecular weight excluding hydrogens is 385 g/mol. The lowest BCUT2D eigenvalue weighted by Gasteiger charge is -2.39. The molecule has 154 valence electrons. The number of ether oxygens (including phenoxy) is 1. The van der Waals surface area contributed by atoms with Crippen LogP contribution in [-0.2, 0) is 6.42 Å². The number of benzene rings is 2. The molecule has 1 unspecified atom stereocenters. The van der Waals surface area contributed by atoms with Crippen LogP contribution in [0.4, 0.5) is 4.39 Å². The number of halogens is 2. The minimum atomic E-state index is -0.790. The summed E-state index contributed by atoms with van der Waals surface area (Å²) >= 11 is 0. The predicted molar refractivity (Wildman–Crippen MR) is 108 cm³/mol. The van der Waals surface area contributed by atoms with Crippen LogP contribution in [-0.4, -0.2) is 58.2 Å². The van der Waals surface area contributed by atoms with E-state index in [0.29, 0.717) is 44.6 Å². The fourth-order valence-corrected chi connectivity index (χ4v) is 3.40. The van der Waals surface area contributed by atoms with Gasteiger partial charge in [-0.1, -0.05) is 12.1 Å². The van der Waals surface area contributed by atoms with Gasteiger partial charge in [-0.15, -0.1) is 12.4 Å². The van der Waals surface area contributed by atoms with Crippen molar-refractivity contribution >= 4 is 12.4 Å². The van der Waals surface area contributed by atoms with Gasteiger partial charge in [0.15, 0.2) is 0 Å². The summed E-state index contributed by atoms with van der Waals surface area (Å²) in [6, 6.07) is 12.6. The minimum absolute atomic E-state index is 0. The maximum atomic E-state index is 13.0. The third kappa shape index (κ3) is 6.63. The second-order valence-electron chi connectivity index (χ2n) is 7.29. The molecule has 0 amide bonds. The summed E-state index contributed by atoms with van der Waals surface area (Å²) in [4.78, 5) is 2.12. The van der Waals surface area contributed by atoms with Gasteiger partial charge in [-0.2, -0.15) is 0 Å². The summed E-state index contributed by atoms with van der Waals surface area (Å²) in [6.45, 7) is 2.02. The van der Waals surface area contributed by atoms with Crippen LogP contribution < -0.4 is 4.74 Å². The molecule has 7 heteroatoms. The normalized spacial score (nSPS) is 17.5. The monoisotopic (exact) mass is 411 g/mol. The zero-order valence-electron chi connectivity index (χ0n) is 15.6. The number of rotatable bonds is 7. The highest BCUT2D eigenvalue weighted by atomic mass is 35.5. The molecule has 3 rings (SSSR count). The van der Waals surface area contributed by atoms with Crippen molar-refractivity contribution in [2.45, 2.75) is 31.0 Å². The van der Waals surface area contributed by atoms with E-state index in [1.807, 2.05) is 0 Å². The zero-order valence-corrected chi connectivity index (χ0v) is 16.4. The second-order valence-corrected chi connectivity index (χ2v) is 7.29. The molecule has 2 aromatic rings. The van der Waals surface area contributed by atoms with Gasteiger partial charge in [0.1, 0.15) is 30.0 Å². The summed E-state index contributed by atoms with van der Waals surface area (Å²) in [5.74, 6) is 0.493. The first-order valence-electron chi connectivity index (χ1n) is 9.21. The topological polar surface area (TPSA) is 73.2 Å². The number of hydrogen-bond acceptors (Lipinski definition) is 5. The first-order chi connectivity index (χ1) is 12.9. The molecule has 5 nitrogen and oxygen atoms in total. The van der Waals surface area contributed by atoms with Crippen LogP contribution in [0.15, 0.2) is 48.5 Å². The largest absolute Gasteiger partial charge is 0.508 e. The Morgan fingerprint density at radius 1 is 1.04 bits per heavy atom. The van der Waals surface area contributed by atoms with Crippen LogP contribution in [0.25, 0.3) is 0 Å². The van der Waals surface area contributed by atoms with Gasteiger partial charge in [0.05, 0.1) is 5.60 Å². The fourth-order valence-electron chi connectivity index (χ4n) is 3.40. The average Bonchev–Trinajstić information content (AvgIpc) is 2.65. The van der Waals surface area contributed by atoms with Gasteiger partial charge < -0.3 is 25.0 Å². The van der Waals surface area contributed by atoms with Crippen LogP contribution in [0, 0.1) is 5.82 Å². The number of hydrogen-bond donors (Lipinski definition) is 3. The Balaban J connectivity index is 0.00000280. The maximum Gasteiger partial charge on any atom is 0.123 e. The average molecular weight is 412 g/mol. The number of likely N-dealkylation sites (tertiary alicyclic amines) is 1. The van der Waals surface area contributed by atoms with E-state index in [4.69, 9.17) is 4.74 Å². The molecule has 0 saturated carbocycles. The fraction of sp³-hybridized carbons (Fsp3) is 0.429. The lowest BCUT2D eigenvalue weighted by Crippen LogP contribution is -2.48. The minimum Gasteiger partial charge on any atom is -0.508 e. The molecule has 1 atom stereocenters. The number of β-amino-alcohol motifs (C(OH)–C–C–N with tert-alkyl or cyclic N) is 1. The third-order valence-corrected chi connectivity index (χ3v) is 4.98. The number of piperidine rings is 1. The van der Waals surface area contributed by atoms with Crippen LogP contribution in [0.1, 0.15) is 18.4 Å². The molecule has 1 aliphatic rings. The molecule has 28 heavy (non-hydrogen) atoms. The van der Waals surface area contributed by atoms with Gasteiger partial charge in [-0.05, 0) is 54.8 Å². The van der Waals surface area contributed by atoms with Crippen molar-refractivity contribution < 1.29 is 24.4 Å². The molecule has 3 N–H and O–H groups in total. The van der Waals surface area contributed by atoms with E-state index < -0.39 is 11.7 Å². The maximum absolute atomic E-state index is 13.0. The third-order valence-electron chi connectivity index (χ3n) is 4.98. The van der Waals surface area contributed by atoms with Crippen molar-refractivity contribution in [2.24, 2.45) is 0 Å². The quantitative estimate of drug-likeness (QED) is 0.653. The first-order valence-corrected chi connectivity index (χ1v) is 9.21. The van der Waals surface area contributed by atoms with Crippen molar-refractivity contribution in [1.82, 2.24) is 4.90 Å². The Morgan fingerprint density at radius 3 is 2.25 bits per heavy atom. The molecular formula is C21H27ClFNO4. The van der Waals surface area contributed by atoms with Crippen LogP contribution in [0.3, 0.4) is 0 Å². The summed E-state index contributed by atoms with van der Waals surface area (Å²) in [5, 5.41) is 30.2. The lowest BCUT2D eigenvalue weighted by atomic mass is 9.85. The zero-order chi connectivity index (χ0) is 19.3. The number of aliphatic hydroxyl groups excluding tert-OH is 1. The summed E-state index contributed by atoms with van der Waals surface area (Å²) in [7, 11) is 0. The van der Waals surface area contributed by atoms with E-state index >= 15 is 0 Å². The number of nitrogens with zero attached hydrogens (tertiary/aromatic N) is 1. The van der Waals surface area contributed by atoms with E-state index in [0.717, 1.165) is 5.56 Å². The molecule has 0 aliphatic carbocycles. The van der Waals surface area contributed by atoms with E-state index in [1.165, 1.54) is 24.3 Å². The Bertz CT molecular complexity index is 718. The van der Waals surface area contributed by atoms with Crippen molar-refractivity contribution in [3.05, 3.63) is 59.9 Å². The first kappa shape index (κ1) is 22.4. The summed E-state index contributed by atoms with van der Waals surface area (Å²) < 4.78 is 18.5. The van der Waals surface area contributed by atoms with Crippen molar-refractivity contribution in [2.75, 3.05) is 26.2 Å². The van der Waals surface area contributed by atoms with Gasteiger partial charge in [0.2, 0.25) is 0 Å². The highest BCUT2D eigenvalue weighted by Crippen LogP contribution is 2.26. The van der Waals surface area contributed by atoms with Crippen molar-refractivity contribution in [1.29, 1.82) is 0 Å². The number of aliphatic hydroxyl groups is 2. The number of phenolic OH excluding ortho intramolecular Hbond substituents is 1. The smallest absolute Gasteiger partial charge is 0.123 e. The van der Waals surface area contributed by atoms with Crippen molar-refractivity contribution in [3.8, 4) is 11.5 Å². The van der Waals surface area contributed by atoms with E-state index in [1.54, 1.807) is 24.3 Å². The lowest BCUT2D eigenvalue weighted by molar-refractivity contribution is -0.0325. The Morgan fingerprint density at radius 2 is 1.64 bits per heavy atom. The summed E-state index contributed by atoms with van der Waals surface area (Å²) in [6.07, 6.45) is 1.08. The van der Waals surface area contributed by atoms with Crippen LogP contribution >= 0.6 is 12.4 Å². The van der Waals surface area contributed by atoms with Crippen LogP contribution in [0.5, 0.6) is 11.5 Å². The molecule has 1 fully saturated rings. The molecule has 0 spiro atoms. The van der Waals surface area contributed by atoms with Crippen molar-refractivity contribution in [3.63, 3.8) is 0 Å². The molecule has 1 aliphatic heterocycles. The van der Waals surface area contributed by atoms with Gasteiger partial charge in [-0.3, -0.25) is 0 Å². The second kappa shape index (κ2) is 10.1. The van der Waals surface area contributed by atoms with Gasteiger partial charge in [0, 0.05) is 26.1 Å². The predicted octanol–water partition coefficient (Wildman–Crippen LogP) is 2.76. The summed E-state index contributed by atoms with van der Waals surface area (Å²) in [5.41, 5.74) is 0.136. The Kier molecular flexibility index (Phi) is 8.07. The van der Waals surface area contributed by atoms with E-state index in [2.05, 4.69) is 4.90 Å². The van der Waals surface area contributed by atoms with Crippen LogP contribution in [0.2, 0.25) is 0 Å². The number of phenols is 1. The molecule has 0 bridgehead atoms. The molecule has 2 aromatic carbocycles. The van der Waals surface area contributed by atoms with Gasteiger partial charge in [-0.25, -0.2) is 4.39 Å². The van der Waals surface area contributed by atoms with E-state index in [-0.39, 0.29) is 30.6 Å². The molecule has 1 saturated heterocycles. The highest BCUT2D eigenvalue weighted by molar-refractivity contribution is 5.85. The highest BCUT2D eigenvalue weighted by Gasteiger charge is 2.32. The number of aromatic hydroxyl groups is 1. The molecule has 1 heterocycles. The Labute approximate surface area is 170 Å². The standard InChI is InChI=1S/C21H26FNO4.ClH/c22-17-3-1-16(2-4-17)13-21(26)9-11-23(12-10-21)14-19(25)15-27-20-7-5-18(24)6-8-20;/h1-8,19,24-26H,9-15H2;1H. The molecule has 0 radical (unpaired) electrons. The molecule has 0 aromatic heterocycles.